The number of hydrogen-bond donors (Lipinski definition) is 0. The summed E-state index contributed by atoms with van der Waals surface area (Å²) in [6.07, 6.45) is 0.591. The van der Waals surface area contributed by atoms with E-state index in [0.717, 1.165) is 6.61 Å². The SMILES string of the molecule is CCOCCN=NC[SiH](OCC)OCC. The molecule has 0 spiro atoms. The maximum absolute atomic E-state index is 5.44. The largest absolute Gasteiger partial charge is 0.396 e. The quantitative estimate of drug-likeness (QED) is 0.325. The van der Waals surface area contributed by atoms with Crippen molar-refractivity contribution in [3.8, 4) is 0 Å². The maximum atomic E-state index is 5.44. The summed E-state index contributed by atoms with van der Waals surface area (Å²) < 4.78 is 16.0. The van der Waals surface area contributed by atoms with Gasteiger partial charge >= 0.3 is 9.28 Å². The van der Waals surface area contributed by atoms with Crippen molar-refractivity contribution in [1.82, 2.24) is 0 Å². The Morgan fingerprint density at radius 3 is 2.13 bits per heavy atom. The van der Waals surface area contributed by atoms with Crippen LogP contribution >= 0.6 is 0 Å². The highest BCUT2D eigenvalue weighted by molar-refractivity contribution is 6.44. The Kier molecular flexibility index (Phi) is 11.5. The first kappa shape index (κ1) is 14.7. The van der Waals surface area contributed by atoms with E-state index in [1.165, 1.54) is 0 Å². The van der Waals surface area contributed by atoms with Crippen LogP contribution in [0.2, 0.25) is 0 Å². The zero-order chi connectivity index (χ0) is 11.4. The van der Waals surface area contributed by atoms with Gasteiger partial charge in [-0.2, -0.15) is 10.2 Å². The molecule has 0 amide bonds. The molecule has 90 valence electrons. The van der Waals surface area contributed by atoms with Crippen LogP contribution in [0, 0.1) is 0 Å². The summed E-state index contributed by atoms with van der Waals surface area (Å²) in [5, 5.41) is 8.03. The molecule has 0 heterocycles. The molecule has 15 heavy (non-hydrogen) atoms. The van der Waals surface area contributed by atoms with E-state index in [0.29, 0.717) is 32.5 Å². The molecule has 0 aromatic rings. The third-order valence-electron chi connectivity index (χ3n) is 1.58. The standard InChI is InChI=1S/C9H22N2O3Si/c1-4-12-8-7-10-11-9-15(13-5-2)14-6-3/h15H,4-9H2,1-3H3. The van der Waals surface area contributed by atoms with Crippen molar-refractivity contribution in [3.05, 3.63) is 0 Å². The van der Waals surface area contributed by atoms with E-state index in [1.54, 1.807) is 0 Å². The number of ether oxygens (including phenoxy) is 1. The van der Waals surface area contributed by atoms with Crippen LogP contribution in [-0.4, -0.2) is 48.4 Å². The second-order valence-corrected chi connectivity index (χ2v) is 4.62. The van der Waals surface area contributed by atoms with Crippen LogP contribution in [0.3, 0.4) is 0 Å². The van der Waals surface area contributed by atoms with Crippen molar-refractivity contribution in [2.24, 2.45) is 10.2 Å². The van der Waals surface area contributed by atoms with E-state index < -0.39 is 9.28 Å². The van der Waals surface area contributed by atoms with Crippen molar-refractivity contribution in [3.63, 3.8) is 0 Å². The fourth-order valence-electron chi connectivity index (χ4n) is 0.970. The minimum atomic E-state index is -1.59. The van der Waals surface area contributed by atoms with Crippen LogP contribution in [0.15, 0.2) is 10.2 Å². The molecule has 0 N–H and O–H groups in total. The molecule has 0 aliphatic rings. The number of nitrogens with zero attached hydrogens (tertiary/aromatic N) is 2. The molecule has 0 rings (SSSR count). The van der Waals surface area contributed by atoms with Gasteiger partial charge in [0, 0.05) is 19.8 Å². The lowest BCUT2D eigenvalue weighted by Gasteiger charge is -2.11. The molecule has 0 fully saturated rings. The third kappa shape index (κ3) is 9.99. The normalized spacial score (nSPS) is 11.7. The number of rotatable bonds is 10. The Morgan fingerprint density at radius 2 is 1.60 bits per heavy atom. The Hall–Kier alpha value is -0.303. The minimum Gasteiger partial charge on any atom is -0.396 e. The monoisotopic (exact) mass is 234 g/mol. The summed E-state index contributed by atoms with van der Waals surface area (Å²) in [4.78, 5) is 0. The zero-order valence-electron chi connectivity index (χ0n) is 9.94. The Balaban J connectivity index is 3.49. The fourth-order valence-corrected chi connectivity index (χ4v) is 2.27. The molecule has 0 aromatic carbocycles. The average Bonchev–Trinajstić information content (AvgIpc) is 2.24. The fraction of sp³-hybridized carbons (Fsp3) is 1.00. The highest BCUT2D eigenvalue weighted by Gasteiger charge is 2.10. The molecular weight excluding hydrogens is 212 g/mol. The molecule has 0 unspecified atom stereocenters. The third-order valence-corrected chi connectivity index (χ3v) is 3.45. The van der Waals surface area contributed by atoms with Crippen molar-refractivity contribution < 1.29 is 13.6 Å². The molecule has 0 saturated heterocycles. The van der Waals surface area contributed by atoms with E-state index in [1.807, 2.05) is 20.8 Å². The van der Waals surface area contributed by atoms with Crippen LogP contribution in [0.5, 0.6) is 0 Å². The molecule has 0 saturated carbocycles. The summed E-state index contributed by atoms with van der Waals surface area (Å²) in [5.41, 5.74) is 0. The lowest BCUT2D eigenvalue weighted by Crippen LogP contribution is -2.26. The van der Waals surface area contributed by atoms with Crippen LogP contribution < -0.4 is 0 Å². The second kappa shape index (κ2) is 11.8. The Morgan fingerprint density at radius 1 is 0.933 bits per heavy atom. The highest BCUT2D eigenvalue weighted by Crippen LogP contribution is 1.91. The molecule has 0 bridgehead atoms. The molecule has 0 atom stereocenters. The maximum Gasteiger partial charge on any atom is 0.345 e. The number of hydrogen-bond acceptors (Lipinski definition) is 5. The average molecular weight is 234 g/mol. The van der Waals surface area contributed by atoms with Gasteiger partial charge in [-0.15, -0.1) is 0 Å². The van der Waals surface area contributed by atoms with Gasteiger partial charge in [-0.1, -0.05) is 0 Å². The molecule has 6 heteroatoms. The van der Waals surface area contributed by atoms with Gasteiger partial charge in [-0.3, -0.25) is 0 Å². The predicted molar refractivity (Wildman–Crippen MR) is 61.5 cm³/mol. The van der Waals surface area contributed by atoms with Gasteiger partial charge < -0.3 is 13.6 Å². The highest BCUT2D eigenvalue weighted by atomic mass is 28.3. The van der Waals surface area contributed by atoms with Gasteiger partial charge in [0.2, 0.25) is 0 Å². The predicted octanol–water partition coefficient (Wildman–Crippen LogP) is 1.31. The van der Waals surface area contributed by atoms with Crippen molar-refractivity contribution in [1.29, 1.82) is 0 Å². The Bertz CT molecular complexity index is 152. The van der Waals surface area contributed by atoms with Gasteiger partial charge in [-0.05, 0) is 20.8 Å². The van der Waals surface area contributed by atoms with E-state index in [2.05, 4.69) is 10.2 Å². The van der Waals surface area contributed by atoms with E-state index in [4.69, 9.17) is 13.6 Å². The Labute approximate surface area is 93.7 Å². The second-order valence-electron chi connectivity index (χ2n) is 2.73. The minimum absolute atomic E-state index is 0.591. The van der Waals surface area contributed by atoms with E-state index in [9.17, 15) is 0 Å². The van der Waals surface area contributed by atoms with E-state index >= 15 is 0 Å². The van der Waals surface area contributed by atoms with E-state index in [-0.39, 0.29) is 0 Å². The van der Waals surface area contributed by atoms with Gasteiger partial charge in [-0.25, -0.2) is 0 Å². The van der Waals surface area contributed by atoms with Crippen LogP contribution in [0.1, 0.15) is 20.8 Å². The van der Waals surface area contributed by atoms with Crippen molar-refractivity contribution in [2.45, 2.75) is 20.8 Å². The number of azo groups is 1. The van der Waals surface area contributed by atoms with Crippen molar-refractivity contribution >= 4 is 9.28 Å². The summed E-state index contributed by atoms with van der Waals surface area (Å²) >= 11 is 0. The van der Waals surface area contributed by atoms with Gasteiger partial charge in [0.05, 0.1) is 13.2 Å². The molecular formula is C9H22N2O3Si. The summed E-state index contributed by atoms with van der Waals surface area (Å²) in [6, 6.07) is 0. The van der Waals surface area contributed by atoms with Gasteiger partial charge in [0.15, 0.2) is 0 Å². The lowest BCUT2D eigenvalue weighted by molar-refractivity contribution is 0.154. The molecule has 0 radical (unpaired) electrons. The first-order valence-corrected chi connectivity index (χ1v) is 7.25. The van der Waals surface area contributed by atoms with Gasteiger partial charge in [0.25, 0.3) is 0 Å². The molecule has 0 aromatic heterocycles. The molecule has 5 nitrogen and oxygen atoms in total. The van der Waals surface area contributed by atoms with Crippen molar-refractivity contribution in [2.75, 3.05) is 39.1 Å². The zero-order valence-corrected chi connectivity index (χ0v) is 11.1. The smallest absolute Gasteiger partial charge is 0.345 e. The first-order valence-electron chi connectivity index (χ1n) is 5.49. The molecule has 0 aliphatic carbocycles. The van der Waals surface area contributed by atoms with Crippen LogP contribution in [-0.2, 0) is 13.6 Å². The summed E-state index contributed by atoms with van der Waals surface area (Å²) in [7, 11) is -1.59. The lowest BCUT2D eigenvalue weighted by atomic mass is 10.7. The summed E-state index contributed by atoms with van der Waals surface area (Å²) in [6.45, 7) is 9.24. The van der Waals surface area contributed by atoms with Crippen LogP contribution in [0.4, 0.5) is 0 Å². The van der Waals surface area contributed by atoms with Crippen LogP contribution in [0.25, 0.3) is 0 Å². The first-order chi connectivity index (χ1) is 7.35. The van der Waals surface area contributed by atoms with Gasteiger partial charge in [0.1, 0.15) is 6.17 Å². The topological polar surface area (TPSA) is 52.4 Å². The molecule has 0 aliphatic heterocycles. The summed E-state index contributed by atoms with van der Waals surface area (Å²) in [5.74, 6) is 0.